The highest BCUT2D eigenvalue weighted by Gasteiger charge is 2.31. The number of aromatic nitrogens is 2. The molecule has 1 atom stereocenters. The molecule has 0 fully saturated rings. The van der Waals surface area contributed by atoms with E-state index in [9.17, 15) is 8.78 Å². The lowest BCUT2D eigenvalue weighted by Crippen LogP contribution is -2.28. The van der Waals surface area contributed by atoms with Gasteiger partial charge in [0.1, 0.15) is 11.9 Å². The summed E-state index contributed by atoms with van der Waals surface area (Å²) in [4.78, 5) is 0. The minimum Gasteiger partial charge on any atom is -0.369 e. The summed E-state index contributed by atoms with van der Waals surface area (Å²) in [5, 5.41) is 7.45. The quantitative estimate of drug-likeness (QED) is 0.926. The second kappa shape index (κ2) is 4.92. The number of alkyl halides is 2. The number of fused-ring (bicyclic) bond motifs is 1. The van der Waals surface area contributed by atoms with Crippen molar-refractivity contribution in [3.05, 3.63) is 10.2 Å². The Morgan fingerprint density at radius 1 is 1.53 bits per heavy atom. The summed E-state index contributed by atoms with van der Waals surface area (Å²) in [6.07, 6.45) is -1.16. The van der Waals surface area contributed by atoms with Crippen molar-refractivity contribution < 1.29 is 8.78 Å². The van der Waals surface area contributed by atoms with Gasteiger partial charge in [-0.1, -0.05) is 13.8 Å². The molecule has 0 aliphatic carbocycles. The number of hydrogen-bond acceptors (Lipinski definition) is 2. The fourth-order valence-electron chi connectivity index (χ4n) is 2.07. The third kappa shape index (κ3) is 2.46. The molecule has 0 saturated heterocycles. The first-order chi connectivity index (χ1) is 8.00. The fourth-order valence-corrected chi connectivity index (χ4v) is 2.63. The molecule has 0 spiro atoms. The van der Waals surface area contributed by atoms with Gasteiger partial charge in [-0.15, -0.1) is 0 Å². The van der Waals surface area contributed by atoms with Crippen molar-refractivity contribution in [3.8, 4) is 0 Å². The summed E-state index contributed by atoms with van der Waals surface area (Å²) >= 11 is 3.45. The second-order valence-corrected chi connectivity index (χ2v) is 5.56. The van der Waals surface area contributed by atoms with E-state index in [1.807, 2.05) is 0 Å². The van der Waals surface area contributed by atoms with E-state index in [0.717, 1.165) is 16.6 Å². The summed E-state index contributed by atoms with van der Waals surface area (Å²) < 4.78 is 28.1. The van der Waals surface area contributed by atoms with Crippen molar-refractivity contribution in [2.75, 3.05) is 11.9 Å². The van der Waals surface area contributed by atoms with Crippen LogP contribution in [0.5, 0.6) is 0 Å². The lowest BCUT2D eigenvalue weighted by atomic mass is 10.1. The molecule has 1 aromatic heterocycles. The van der Waals surface area contributed by atoms with Gasteiger partial charge >= 0.3 is 0 Å². The Morgan fingerprint density at radius 2 is 2.24 bits per heavy atom. The summed E-state index contributed by atoms with van der Waals surface area (Å²) in [5.41, 5.74) is 0.857. The predicted octanol–water partition coefficient (Wildman–Crippen LogP) is 3.47. The Hall–Kier alpha value is -0.650. The van der Waals surface area contributed by atoms with Crippen molar-refractivity contribution in [3.63, 3.8) is 0 Å². The normalized spacial score (nSPS) is 19.6. The number of hydrogen-bond donors (Lipinski definition) is 1. The van der Waals surface area contributed by atoms with Crippen LogP contribution in [0.4, 0.5) is 14.6 Å². The summed E-state index contributed by atoms with van der Waals surface area (Å²) in [5.74, 6) is 1.14. The minimum absolute atomic E-state index is 0.417. The molecule has 3 nitrogen and oxygen atoms in total. The van der Waals surface area contributed by atoms with E-state index in [1.165, 1.54) is 4.68 Å². The number of halogens is 3. The molecular weight excluding hydrogens is 292 g/mol. The Morgan fingerprint density at radius 3 is 2.82 bits per heavy atom. The molecule has 1 N–H and O–H groups in total. The van der Waals surface area contributed by atoms with Crippen LogP contribution in [0.25, 0.3) is 0 Å². The molecule has 0 radical (unpaired) electrons. The van der Waals surface area contributed by atoms with Gasteiger partial charge < -0.3 is 5.32 Å². The molecule has 0 bridgehead atoms. The van der Waals surface area contributed by atoms with E-state index in [1.54, 1.807) is 0 Å². The van der Waals surface area contributed by atoms with E-state index in [2.05, 4.69) is 40.2 Å². The first kappa shape index (κ1) is 12.8. The molecule has 1 aliphatic rings. The zero-order valence-electron chi connectivity index (χ0n) is 9.88. The standard InChI is InChI=1S/C11H16BrF2N3/c1-6(2)5-7-9(12)11-15-4-3-8(10(13)14)17(11)16-7/h6,8,10,15H,3-5H2,1-2H3. The SMILES string of the molecule is CC(C)Cc1nn2c(c1Br)NCCC2C(F)F. The van der Waals surface area contributed by atoms with Crippen LogP contribution in [-0.4, -0.2) is 22.8 Å². The summed E-state index contributed by atoms with van der Waals surface area (Å²) in [7, 11) is 0. The third-order valence-corrected chi connectivity index (χ3v) is 3.69. The van der Waals surface area contributed by atoms with E-state index in [-0.39, 0.29) is 0 Å². The van der Waals surface area contributed by atoms with Crippen LogP contribution in [0.2, 0.25) is 0 Å². The van der Waals surface area contributed by atoms with Gasteiger partial charge in [0.05, 0.1) is 10.2 Å². The highest BCUT2D eigenvalue weighted by atomic mass is 79.9. The maximum absolute atomic E-state index is 12.9. The average Bonchev–Trinajstić information content (AvgIpc) is 2.55. The van der Waals surface area contributed by atoms with Crippen molar-refractivity contribution in [1.82, 2.24) is 9.78 Å². The first-order valence-electron chi connectivity index (χ1n) is 5.79. The van der Waals surface area contributed by atoms with Crippen LogP contribution >= 0.6 is 15.9 Å². The molecule has 6 heteroatoms. The highest BCUT2D eigenvalue weighted by molar-refractivity contribution is 9.10. The maximum Gasteiger partial charge on any atom is 0.260 e. The Kier molecular flexibility index (Phi) is 3.70. The molecule has 2 rings (SSSR count). The van der Waals surface area contributed by atoms with Crippen molar-refractivity contribution in [2.45, 2.75) is 39.2 Å². The summed E-state index contributed by atoms with van der Waals surface area (Å²) in [6.45, 7) is 4.74. The number of nitrogens with zero attached hydrogens (tertiary/aromatic N) is 2. The van der Waals surface area contributed by atoms with Gasteiger partial charge in [-0.3, -0.25) is 0 Å². The fraction of sp³-hybridized carbons (Fsp3) is 0.727. The summed E-state index contributed by atoms with van der Waals surface area (Å²) in [6, 6.07) is -0.802. The van der Waals surface area contributed by atoms with Crippen LogP contribution < -0.4 is 5.32 Å². The van der Waals surface area contributed by atoms with Crippen molar-refractivity contribution in [2.24, 2.45) is 5.92 Å². The smallest absolute Gasteiger partial charge is 0.260 e. The van der Waals surface area contributed by atoms with Crippen LogP contribution in [0.3, 0.4) is 0 Å². The van der Waals surface area contributed by atoms with Gasteiger partial charge in [-0.2, -0.15) is 5.10 Å². The van der Waals surface area contributed by atoms with E-state index >= 15 is 0 Å². The van der Waals surface area contributed by atoms with Gasteiger partial charge in [0.25, 0.3) is 6.43 Å². The Bertz CT molecular complexity index is 404. The molecule has 0 aromatic carbocycles. The monoisotopic (exact) mass is 307 g/mol. The molecule has 0 amide bonds. The van der Waals surface area contributed by atoms with Gasteiger partial charge in [0, 0.05) is 6.54 Å². The second-order valence-electron chi connectivity index (χ2n) is 4.77. The molecule has 1 aliphatic heterocycles. The van der Waals surface area contributed by atoms with Crippen molar-refractivity contribution in [1.29, 1.82) is 0 Å². The van der Waals surface area contributed by atoms with E-state index < -0.39 is 12.5 Å². The molecule has 1 unspecified atom stereocenters. The van der Waals surface area contributed by atoms with Gasteiger partial charge in [-0.05, 0) is 34.7 Å². The topological polar surface area (TPSA) is 29.9 Å². The van der Waals surface area contributed by atoms with Crippen molar-refractivity contribution >= 4 is 21.7 Å². The highest BCUT2D eigenvalue weighted by Crippen LogP contribution is 2.36. The minimum atomic E-state index is -2.37. The molecule has 1 aromatic rings. The van der Waals surface area contributed by atoms with Gasteiger partial charge in [0.2, 0.25) is 0 Å². The van der Waals surface area contributed by atoms with E-state index in [4.69, 9.17) is 0 Å². The molecule has 96 valence electrons. The Labute approximate surface area is 108 Å². The van der Waals surface area contributed by atoms with Gasteiger partial charge in [0.15, 0.2) is 0 Å². The number of rotatable bonds is 3. The first-order valence-corrected chi connectivity index (χ1v) is 6.59. The van der Waals surface area contributed by atoms with Gasteiger partial charge in [-0.25, -0.2) is 13.5 Å². The number of nitrogens with one attached hydrogen (secondary N) is 1. The van der Waals surface area contributed by atoms with Crippen LogP contribution in [0.1, 0.15) is 32.0 Å². The van der Waals surface area contributed by atoms with E-state index in [0.29, 0.717) is 24.7 Å². The lowest BCUT2D eigenvalue weighted by Gasteiger charge is -2.24. The zero-order valence-corrected chi connectivity index (χ0v) is 11.5. The number of anilines is 1. The predicted molar refractivity (Wildman–Crippen MR) is 66.6 cm³/mol. The van der Waals surface area contributed by atoms with Crippen LogP contribution in [0.15, 0.2) is 4.47 Å². The largest absolute Gasteiger partial charge is 0.369 e. The average molecular weight is 308 g/mol. The molecule has 0 saturated carbocycles. The Balaban J connectivity index is 2.35. The van der Waals surface area contributed by atoms with Crippen LogP contribution in [-0.2, 0) is 6.42 Å². The molecule has 17 heavy (non-hydrogen) atoms. The van der Waals surface area contributed by atoms with Crippen LogP contribution in [0, 0.1) is 5.92 Å². The molecular formula is C11H16BrF2N3. The molecule has 2 heterocycles. The zero-order chi connectivity index (χ0) is 12.6. The maximum atomic E-state index is 12.9. The lowest BCUT2D eigenvalue weighted by molar-refractivity contribution is 0.0713. The third-order valence-electron chi connectivity index (χ3n) is 2.86.